The van der Waals surface area contributed by atoms with Gasteiger partial charge in [-0.1, -0.05) is 18.9 Å². The van der Waals surface area contributed by atoms with Crippen LogP contribution in [0.25, 0.3) is 0 Å². The van der Waals surface area contributed by atoms with E-state index in [1.807, 2.05) is 4.90 Å². The number of nitrogens with one attached hydrogen (secondary N) is 2. The van der Waals surface area contributed by atoms with Gasteiger partial charge in [-0.3, -0.25) is 9.59 Å². The van der Waals surface area contributed by atoms with Crippen LogP contribution in [0, 0.1) is 0 Å². The summed E-state index contributed by atoms with van der Waals surface area (Å²) in [6.07, 6.45) is 5.82. The molecule has 122 valence electrons. The van der Waals surface area contributed by atoms with E-state index in [9.17, 15) is 9.59 Å². The highest BCUT2D eigenvalue weighted by Crippen LogP contribution is 2.29. The molecule has 1 aliphatic heterocycles. The van der Waals surface area contributed by atoms with Crippen molar-refractivity contribution in [2.24, 2.45) is 0 Å². The highest BCUT2D eigenvalue weighted by molar-refractivity contribution is 7.80. The van der Waals surface area contributed by atoms with Crippen molar-refractivity contribution in [2.45, 2.75) is 50.2 Å². The third-order valence-corrected chi connectivity index (χ3v) is 4.63. The molecule has 1 amide bonds. The van der Waals surface area contributed by atoms with E-state index in [1.165, 1.54) is 7.11 Å². The molecule has 1 heterocycles. The first-order valence-electron chi connectivity index (χ1n) is 7.62. The first kappa shape index (κ1) is 16.7. The van der Waals surface area contributed by atoms with Gasteiger partial charge in [0.05, 0.1) is 19.6 Å². The standard InChI is InChI=1S/C15H23N3O3S/c1-3-8-16-15(22)18-11-7-5-4-6-10(11)17-14(20)12(18)9-13(19)21-2/h3,10-12H,1,4-9H2,2H3,(H,16,22)(H,17,20)/t10-,11-,12-/m0/s1. The maximum atomic E-state index is 12.4. The van der Waals surface area contributed by atoms with Gasteiger partial charge in [0.2, 0.25) is 5.91 Å². The summed E-state index contributed by atoms with van der Waals surface area (Å²) in [6.45, 7) is 4.19. The number of carbonyl (C=O) groups is 2. The van der Waals surface area contributed by atoms with Crippen molar-refractivity contribution in [3.8, 4) is 0 Å². The summed E-state index contributed by atoms with van der Waals surface area (Å²) in [7, 11) is 1.32. The molecule has 2 rings (SSSR count). The van der Waals surface area contributed by atoms with Crippen molar-refractivity contribution < 1.29 is 14.3 Å². The summed E-state index contributed by atoms with van der Waals surface area (Å²) in [5.74, 6) is -0.567. The van der Waals surface area contributed by atoms with Gasteiger partial charge in [-0.2, -0.15) is 0 Å². The number of fused-ring (bicyclic) bond motifs is 1. The van der Waals surface area contributed by atoms with Crippen molar-refractivity contribution >= 4 is 29.2 Å². The smallest absolute Gasteiger partial charge is 0.308 e. The maximum absolute atomic E-state index is 12.4. The Kier molecular flexibility index (Phi) is 5.76. The molecule has 7 heteroatoms. The minimum atomic E-state index is -0.614. The second-order valence-corrected chi connectivity index (χ2v) is 6.03. The lowest BCUT2D eigenvalue weighted by molar-refractivity contribution is -0.146. The Morgan fingerprint density at radius 2 is 2.27 bits per heavy atom. The Bertz CT molecular complexity index is 469. The zero-order valence-corrected chi connectivity index (χ0v) is 13.7. The molecule has 0 radical (unpaired) electrons. The van der Waals surface area contributed by atoms with Gasteiger partial charge >= 0.3 is 5.97 Å². The summed E-state index contributed by atoms with van der Waals surface area (Å²) in [5.41, 5.74) is 0. The molecule has 1 saturated carbocycles. The maximum Gasteiger partial charge on any atom is 0.308 e. The predicted molar refractivity (Wildman–Crippen MR) is 87.2 cm³/mol. The summed E-state index contributed by atoms with van der Waals surface area (Å²) in [5, 5.41) is 6.63. The Hall–Kier alpha value is -1.63. The molecule has 2 fully saturated rings. The lowest BCUT2D eigenvalue weighted by Crippen LogP contribution is -2.69. The molecule has 22 heavy (non-hydrogen) atoms. The molecule has 1 aliphatic carbocycles. The van der Waals surface area contributed by atoms with Gasteiger partial charge in [0.25, 0.3) is 0 Å². The van der Waals surface area contributed by atoms with Gasteiger partial charge in [0.15, 0.2) is 5.11 Å². The SMILES string of the molecule is C=CCNC(=S)N1[C@@H](CC(=O)OC)C(=O)N[C@H]2CCCC[C@@H]21. The first-order valence-corrected chi connectivity index (χ1v) is 8.03. The quantitative estimate of drug-likeness (QED) is 0.451. The molecule has 2 N–H and O–H groups in total. The number of esters is 1. The number of rotatable bonds is 4. The van der Waals surface area contributed by atoms with E-state index in [0.717, 1.165) is 25.7 Å². The average Bonchev–Trinajstić information content (AvgIpc) is 2.53. The van der Waals surface area contributed by atoms with Crippen LogP contribution in [0.15, 0.2) is 12.7 Å². The molecule has 0 aromatic rings. The molecule has 0 spiro atoms. The average molecular weight is 325 g/mol. The second-order valence-electron chi connectivity index (χ2n) is 5.64. The van der Waals surface area contributed by atoms with Gasteiger partial charge < -0.3 is 20.3 Å². The van der Waals surface area contributed by atoms with E-state index >= 15 is 0 Å². The Morgan fingerprint density at radius 1 is 1.55 bits per heavy atom. The number of piperazine rings is 1. The van der Waals surface area contributed by atoms with Gasteiger partial charge in [-0.05, 0) is 25.1 Å². The fourth-order valence-corrected chi connectivity index (χ4v) is 3.57. The van der Waals surface area contributed by atoms with Crippen LogP contribution in [0.4, 0.5) is 0 Å². The van der Waals surface area contributed by atoms with Crippen molar-refractivity contribution in [1.82, 2.24) is 15.5 Å². The molecular weight excluding hydrogens is 302 g/mol. The minimum absolute atomic E-state index is 0.00145. The molecule has 2 aliphatic rings. The summed E-state index contributed by atoms with van der Waals surface area (Å²) in [4.78, 5) is 26.0. The minimum Gasteiger partial charge on any atom is -0.469 e. The van der Waals surface area contributed by atoms with Gasteiger partial charge in [-0.15, -0.1) is 6.58 Å². The number of hydrogen-bond acceptors (Lipinski definition) is 4. The fraction of sp³-hybridized carbons (Fsp3) is 0.667. The normalized spacial score (nSPS) is 27.4. The highest BCUT2D eigenvalue weighted by Gasteiger charge is 2.44. The number of thiocarbonyl (C=S) groups is 1. The molecule has 0 unspecified atom stereocenters. The largest absolute Gasteiger partial charge is 0.469 e. The van der Waals surface area contributed by atoms with E-state index in [-0.39, 0.29) is 24.4 Å². The van der Waals surface area contributed by atoms with Crippen LogP contribution in [0.3, 0.4) is 0 Å². The zero-order chi connectivity index (χ0) is 16.1. The predicted octanol–water partition coefficient (Wildman–Crippen LogP) is 0.722. The van der Waals surface area contributed by atoms with Crippen LogP contribution in [-0.2, 0) is 14.3 Å². The van der Waals surface area contributed by atoms with E-state index in [2.05, 4.69) is 17.2 Å². The van der Waals surface area contributed by atoms with Crippen LogP contribution in [0.5, 0.6) is 0 Å². The third kappa shape index (κ3) is 3.58. The summed E-state index contributed by atoms with van der Waals surface area (Å²) in [6, 6.07) is -0.388. The van der Waals surface area contributed by atoms with Crippen molar-refractivity contribution in [3.05, 3.63) is 12.7 Å². The Balaban J connectivity index is 2.22. The Labute approximate surface area is 136 Å². The number of amides is 1. The topological polar surface area (TPSA) is 70.7 Å². The second kappa shape index (κ2) is 7.58. The fourth-order valence-electron chi connectivity index (χ4n) is 3.22. The van der Waals surface area contributed by atoms with Crippen molar-refractivity contribution in [3.63, 3.8) is 0 Å². The lowest BCUT2D eigenvalue weighted by atomic mass is 9.85. The molecule has 1 saturated heterocycles. The van der Waals surface area contributed by atoms with Crippen molar-refractivity contribution in [2.75, 3.05) is 13.7 Å². The Morgan fingerprint density at radius 3 is 2.95 bits per heavy atom. The number of carbonyl (C=O) groups excluding carboxylic acids is 2. The molecule has 6 nitrogen and oxygen atoms in total. The van der Waals surface area contributed by atoms with E-state index in [4.69, 9.17) is 17.0 Å². The van der Waals surface area contributed by atoms with E-state index < -0.39 is 12.0 Å². The molecule has 0 bridgehead atoms. The molecule has 0 aromatic carbocycles. The molecule has 0 aromatic heterocycles. The van der Waals surface area contributed by atoms with Gasteiger partial charge in [0, 0.05) is 12.6 Å². The van der Waals surface area contributed by atoms with Gasteiger partial charge in [-0.25, -0.2) is 0 Å². The zero-order valence-electron chi connectivity index (χ0n) is 12.8. The molecular formula is C15H23N3O3S. The lowest BCUT2D eigenvalue weighted by Gasteiger charge is -2.49. The van der Waals surface area contributed by atoms with Crippen LogP contribution in [0.2, 0.25) is 0 Å². The third-order valence-electron chi connectivity index (χ3n) is 4.27. The van der Waals surface area contributed by atoms with E-state index in [0.29, 0.717) is 11.7 Å². The van der Waals surface area contributed by atoms with Crippen LogP contribution >= 0.6 is 12.2 Å². The molecule has 3 atom stereocenters. The number of methoxy groups -OCH3 is 1. The highest BCUT2D eigenvalue weighted by atomic mass is 32.1. The van der Waals surface area contributed by atoms with E-state index in [1.54, 1.807) is 6.08 Å². The van der Waals surface area contributed by atoms with Crippen LogP contribution < -0.4 is 10.6 Å². The van der Waals surface area contributed by atoms with Gasteiger partial charge in [0.1, 0.15) is 6.04 Å². The summed E-state index contributed by atoms with van der Waals surface area (Å²) >= 11 is 5.46. The first-order chi connectivity index (χ1) is 10.6. The summed E-state index contributed by atoms with van der Waals surface area (Å²) < 4.78 is 4.72. The number of hydrogen-bond donors (Lipinski definition) is 2. The number of nitrogens with zero attached hydrogens (tertiary/aromatic N) is 1. The van der Waals surface area contributed by atoms with Crippen LogP contribution in [0.1, 0.15) is 32.1 Å². The van der Waals surface area contributed by atoms with Crippen molar-refractivity contribution in [1.29, 1.82) is 0 Å². The van der Waals surface area contributed by atoms with Crippen LogP contribution in [-0.4, -0.2) is 53.7 Å². The number of ether oxygens (including phenoxy) is 1. The monoisotopic (exact) mass is 325 g/mol.